The fourth-order valence-electron chi connectivity index (χ4n) is 0.612. The van der Waals surface area contributed by atoms with Crippen LogP contribution in [0.4, 0.5) is 0 Å². The molecule has 11 heavy (non-hydrogen) atoms. The first-order valence-corrected chi connectivity index (χ1v) is 2.73. The molecule has 0 aliphatic heterocycles. The molecule has 1 rings (SSSR count). The van der Waals surface area contributed by atoms with Crippen molar-refractivity contribution in [3.05, 3.63) is 17.8 Å². The van der Waals surface area contributed by atoms with E-state index >= 15 is 0 Å². The van der Waals surface area contributed by atoms with Crippen LogP contribution in [-0.2, 0) is 0 Å². The Morgan fingerprint density at radius 2 is 2.00 bits per heavy atom. The van der Waals surface area contributed by atoms with Gasteiger partial charge in [-0.3, -0.25) is 0 Å². The van der Waals surface area contributed by atoms with E-state index in [0.717, 1.165) is 12.1 Å². The minimum atomic E-state index is -1.30. The first-order chi connectivity index (χ1) is 5.09. The molecule has 0 aliphatic rings. The van der Waals surface area contributed by atoms with Crippen LogP contribution in [0.2, 0.25) is 0 Å². The van der Waals surface area contributed by atoms with E-state index in [9.17, 15) is 4.79 Å². The van der Waals surface area contributed by atoms with E-state index < -0.39 is 11.8 Å². The van der Waals surface area contributed by atoms with Crippen molar-refractivity contribution in [1.29, 1.82) is 0 Å². The summed E-state index contributed by atoms with van der Waals surface area (Å²) in [6.45, 7) is 0. The Balaban J connectivity index is 3.19. The van der Waals surface area contributed by atoms with Gasteiger partial charge in [0.15, 0.2) is 5.69 Å². The van der Waals surface area contributed by atoms with E-state index in [-0.39, 0.29) is 11.4 Å². The Morgan fingerprint density at radius 3 is 2.45 bits per heavy atom. The number of hydrogen-bond donors (Lipinski definition) is 3. The molecule has 0 fully saturated rings. The van der Waals surface area contributed by atoms with E-state index in [1.807, 2.05) is 0 Å². The van der Waals surface area contributed by atoms with Gasteiger partial charge < -0.3 is 15.3 Å². The maximum atomic E-state index is 10.2. The second kappa shape index (κ2) is 2.45. The molecule has 3 N–H and O–H groups in total. The number of carboxylic acids is 1. The third-order valence-electron chi connectivity index (χ3n) is 1.02. The minimum absolute atomic E-state index is 0.324. The number of aromatic hydroxyl groups is 2. The fraction of sp³-hybridized carbons (Fsp3) is 0. The SMILES string of the molecule is O=C(O)c1cc(O)cc(O)n1. The van der Waals surface area contributed by atoms with Gasteiger partial charge in [-0.2, -0.15) is 0 Å². The van der Waals surface area contributed by atoms with Crippen molar-refractivity contribution in [3.8, 4) is 11.6 Å². The largest absolute Gasteiger partial charge is 0.508 e. The van der Waals surface area contributed by atoms with Gasteiger partial charge in [0.1, 0.15) is 5.75 Å². The second-order valence-corrected chi connectivity index (χ2v) is 1.87. The molecule has 5 heteroatoms. The Labute approximate surface area is 61.6 Å². The van der Waals surface area contributed by atoms with Crippen LogP contribution in [0.3, 0.4) is 0 Å². The first-order valence-electron chi connectivity index (χ1n) is 2.73. The Hall–Kier alpha value is -1.78. The molecule has 0 radical (unpaired) electrons. The van der Waals surface area contributed by atoms with Crippen LogP contribution in [0.5, 0.6) is 11.6 Å². The quantitative estimate of drug-likeness (QED) is 0.538. The van der Waals surface area contributed by atoms with Crippen molar-refractivity contribution in [1.82, 2.24) is 4.98 Å². The molecular formula is C6H5NO4. The molecule has 5 nitrogen and oxygen atoms in total. The predicted octanol–water partition coefficient (Wildman–Crippen LogP) is 0.191. The summed E-state index contributed by atoms with van der Waals surface area (Å²) in [5, 5.41) is 25.8. The molecule has 1 heterocycles. The zero-order valence-corrected chi connectivity index (χ0v) is 5.35. The molecule has 0 saturated carbocycles. The molecule has 58 valence electrons. The lowest BCUT2D eigenvalue weighted by molar-refractivity contribution is 0.0689. The molecule has 0 spiro atoms. The second-order valence-electron chi connectivity index (χ2n) is 1.87. The Kier molecular flexibility index (Phi) is 1.63. The van der Waals surface area contributed by atoms with E-state index in [2.05, 4.69) is 4.98 Å². The van der Waals surface area contributed by atoms with Crippen LogP contribution < -0.4 is 0 Å². The summed E-state index contributed by atoms with van der Waals surface area (Å²) in [7, 11) is 0. The summed E-state index contributed by atoms with van der Waals surface area (Å²) < 4.78 is 0. The first kappa shape index (κ1) is 7.33. The normalized spacial score (nSPS) is 9.45. The van der Waals surface area contributed by atoms with Gasteiger partial charge >= 0.3 is 5.97 Å². The number of rotatable bonds is 1. The number of carboxylic acid groups (broad SMARTS) is 1. The zero-order valence-electron chi connectivity index (χ0n) is 5.35. The number of nitrogens with zero attached hydrogens (tertiary/aromatic N) is 1. The Bertz CT molecular complexity index is 276. The van der Waals surface area contributed by atoms with Crippen molar-refractivity contribution < 1.29 is 20.1 Å². The van der Waals surface area contributed by atoms with Crippen molar-refractivity contribution in [2.24, 2.45) is 0 Å². The molecule has 0 saturated heterocycles. The summed E-state index contributed by atoms with van der Waals surface area (Å²) in [4.78, 5) is 13.5. The fourth-order valence-corrected chi connectivity index (χ4v) is 0.612. The van der Waals surface area contributed by atoms with Crippen LogP contribution in [0, 0.1) is 0 Å². The summed E-state index contributed by atoms with van der Waals surface area (Å²) in [6, 6.07) is 1.90. The smallest absolute Gasteiger partial charge is 0.354 e. The number of hydrogen-bond acceptors (Lipinski definition) is 4. The number of aromatic carboxylic acids is 1. The minimum Gasteiger partial charge on any atom is -0.508 e. The monoisotopic (exact) mass is 155 g/mol. The van der Waals surface area contributed by atoms with Crippen molar-refractivity contribution >= 4 is 5.97 Å². The van der Waals surface area contributed by atoms with E-state index in [0.29, 0.717) is 0 Å². The molecule has 1 aromatic heterocycles. The highest BCUT2D eigenvalue weighted by Crippen LogP contribution is 2.15. The average molecular weight is 155 g/mol. The number of carbonyl (C=O) groups is 1. The van der Waals surface area contributed by atoms with E-state index in [1.54, 1.807) is 0 Å². The third kappa shape index (κ3) is 1.57. The van der Waals surface area contributed by atoms with Gasteiger partial charge in [0.2, 0.25) is 5.88 Å². The summed E-state index contributed by atoms with van der Waals surface area (Å²) in [5.41, 5.74) is -0.387. The van der Waals surface area contributed by atoms with Crippen LogP contribution in [0.25, 0.3) is 0 Å². The molecule has 1 aromatic rings. The lowest BCUT2D eigenvalue weighted by Gasteiger charge is -1.95. The number of aromatic nitrogens is 1. The van der Waals surface area contributed by atoms with E-state index in [4.69, 9.17) is 15.3 Å². The standard InChI is InChI=1S/C6H5NO4/c8-3-1-4(6(10)11)7-5(9)2-3/h1-2H,(H,10,11)(H2,7,8,9). The molecular weight excluding hydrogens is 150 g/mol. The van der Waals surface area contributed by atoms with Gasteiger partial charge in [-0.15, -0.1) is 0 Å². The number of pyridine rings is 1. The van der Waals surface area contributed by atoms with Gasteiger partial charge in [0, 0.05) is 12.1 Å². The maximum Gasteiger partial charge on any atom is 0.354 e. The zero-order chi connectivity index (χ0) is 8.43. The van der Waals surface area contributed by atoms with Gasteiger partial charge in [-0.05, 0) is 0 Å². The van der Waals surface area contributed by atoms with Crippen molar-refractivity contribution in [3.63, 3.8) is 0 Å². The molecule has 0 aromatic carbocycles. The van der Waals surface area contributed by atoms with Gasteiger partial charge in [-0.25, -0.2) is 9.78 Å². The summed E-state index contributed by atoms with van der Waals surface area (Å²) >= 11 is 0. The molecule has 0 bridgehead atoms. The van der Waals surface area contributed by atoms with Crippen LogP contribution in [-0.4, -0.2) is 26.3 Å². The average Bonchev–Trinajstić information content (AvgIpc) is 1.85. The lowest BCUT2D eigenvalue weighted by Crippen LogP contribution is -1.98. The van der Waals surface area contributed by atoms with Crippen molar-refractivity contribution in [2.45, 2.75) is 0 Å². The molecule has 0 atom stereocenters. The van der Waals surface area contributed by atoms with Gasteiger partial charge in [-0.1, -0.05) is 0 Å². The molecule has 0 unspecified atom stereocenters. The van der Waals surface area contributed by atoms with Crippen LogP contribution in [0.1, 0.15) is 10.5 Å². The lowest BCUT2D eigenvalue weighted by atomic mass is 10.3. The third-order valence-corrected chi connectivity index (χ3v) is 1.02. The van der Waals surface area contributed by atoms with Gasteiger partial charge in [0.25, 0.3) is 0 Å². The summed E-state index contributed by atoms with van der Waals surface area (Å²) in [5.74, 6) is -2.13. The molecule has 0 aliphatic carbocycles. The van der Waals surface area contributed by atoms with Crippen LogP contribution >= 0.6 is 0 Å². The topological polar surface area (TPSA) is 90.7 Å². The highest BCUT2D eigenvalue weighted by molar-refractivity contribution is 5.85. The van der Waals surface area contributed by atoms with Gasteiger partial charge in [0.05, 0.1) is 0 Å². The van der Waals surface area contributed by atoms with E-state index in [1.165, 1.54) is 0 Å². The van der Waals surface area contributed by atoms with Crippen molar-refractivity contribution in [2.75, 3.05) is 0 Å². The predicted molar refractivity (Wildman–Crippen MR) is 34.5 cm³/mol. The Morgan fingerprint density at radius 1 is 1.36 bits per heavy atom. The highest BCUT2D eigenvalue weighted by atomic mass is 16.4. The highest BCUT2D eigenvalue weighted by Gasteiger charge is 2.06. The molecule has 0 amide bonds. The summed E-state index contributed by atoms with van der Waals surface area (Å²) in [6.07, 6.45) is 0. The maximum absolute atomic E-state index is 10.2. The van der Waals surface area contributed by atoms with Crippen LogP contribution in [0.15, 0.2) is 12.1 Å².